The minimum atomic E-state index is -0.0544. The number of carbonyl (C=O) groups is 1. The molecule has 3 aromatic rings. The summed E-state index contributed by atoms with van der Waals surface area (Å²) in [6.45, 7) is 3.73. The van der Waals surface area contributed by atoms with Crippen LogP contribution in [0.1, 0.15) is 38.1 Å². The van der Waals surface area contributed by atoms with E-state index in [0.29, 0.717) is 0 Å². The Hall–Kier alpha value is -2.76. The second-order valence-corrected chi connectivity index (χ2v) is 6.49. The molecule has 2 N–H and O–H groups in total. The number of hydrogen-bond donors (Lipinski definition) is 2. The number of imidazole rings is 1. The number of rotatable bonds is 3. The monoisotopic (exact) mass is 337 g/mol. The number of anilines is 1. The molecule has 0 radical (unpaired) electrons. The van der Waals surface area contributed by atoms with Gasteiger partial charge < -0.3 is 19.8 Å². The highest BCUT2D eigenvalue weighted by Crippen LogP contribution is 2.30. The van der Waals surface area contributed by atoms with E-state index in [9.17, 15) is 4.79 Å². The van der Waals surface area contributed by atoms with E-state index in [1.807, 2.05) is 47.8 Å². The standard InChI is InChI=1S/C19H23N5O/c1-2-23-12-10-21-18(23)17-5-3-4-11-24(17)19(25)22-15-7-6-14-8-9-20-16(14)13-15/h6-10,12-13,17,20H,2-5,11H2,1H3,(H,22,25)/t17-/m1/s1. The maximum absolute atomic E-state index is 12.9. The van der Waals surface area contributed by atoms with Crippen LogP contribution in [0, 0.1) is 0 Å². The van der Waals surface area contributed by atoms with Crippen molar-refractivity contribution in [2.75, 3.05) is 11.9 Å². The third kappa shape index (κ3) is 2.99. The molecular formula is C19H23N5O. The largest absolute Gasteiger partial charge is 0.361 e. The molecule has 2 amide bonds. The maximum Gasteiger partial charge on any atom is 0.322 e. The predicted octanol–water partition coefficient (Wildman–Crippen LogP) is 4.14. The van der Waals surface area contributed by atoms with Crippen molar-refractivity contribution in [1.82, 2.24) is 19.4 Å². The summed E-state index contributed by atoms with van der Waals surface area (Å²) in [5.74, 6) is 0.983. The Kier molecular flexibility index (Phi) is 4.17. The number of nitrogens with one attached hydrogen (secondary N) is 2. The van der Waals surface area contributed by atoms with Gasteiger partial charge in [-0.25, -0.2) is 9.78 Å². The number of piperidine rings is 1. The zero-order chi connectivity index (χ0) is 17.2. The first-order valence-corrected chi connectivity index (χ1v) is 8.92. The molecule has 1 aromatic carbocycles. The Balaban J connectivity index is 1.56. The zero-order valence-corrected chi connectivity index (χ0v) is 14.4. The lowest BCUT2D eigenvalue weighted by Crippen LogP contribution is -2.42. The molecule has 3 heterocycles. The number of likely N-dealkylation sites (tertiary alicyclic amines) is 1. The second kappa shape index (κ2) is 6.63. The fraction of sp³-hybridized carbons (Fsp3) is 0.368. The maximum atomic E-state index is 12.9. The number of hydrogen-bond acceptors (Lipinski definition) is 2. The molecule has 1 aliphatic rings. The van der Waals surface area contributed by atoms with E-state index in [-0.39, 0.29) is 12.1 Å². The van der Waals surface area contributed by atoms with E-state index in [2.05, 4.69) is 26.8 Å². The highest BCUT2D eigenvalue weighted by Gasteiger charge is 2.30. The van der Waals surface area contributed by atoms with E-state index in [4.69, 9.17) is 0 Å². The lowest BCUT2D eigenvalue weighted by molar-refractivity contribution is 0.157. The van der Waals surface area contributed by atoms with Gasteiger partial charge in [0.2, 0.25) is 0 Å². The third-order valence-corrected chi connectivity index (χ3v) is 4.96. The Morgan fingerprint density at radius 2 is 2.28 bits per heavy atom. The Morgan fingerprint density at radius 1 is 1.36 bits per heavy atom. The number of carbonyl (C=O) groups excluding carboxylic acids is 1. The quantitative estimate of drug-likeness (QED) is 0.754. The predicted molar refractivity (Wildman–Crippen MR) is 98.5 cm³/mol. The van der Waals surface area contributed by atoms with Crippen molar-refractivity contribution in [3.63, 3.8) is 0 Å². The summed E-state index contributed by atoms with van der Waals surface area (Å²) in [5, 5.41) is 4.19. The van der Waals surface area contributed by atoms with Gasteiger partial charge in [-0.2, -0.15) is 0 Å². The smallest absolute Gasteiger partial charge is 0.322 e. The molecule has 6 heteroatoms. The van der Waals surface area contributed by atoms with Crippen LogP contribution in [0.2, 0.25) is 0 Å². The molecule has 25 heavy (non-hydrogen) atoms. The summed E-state index contributed by atoms with van der Waals surface area (Å²) in [4.78, 5) is 22.5. The zero-order valence-electron chi connectivity index (χ0n) is 14.4. The summed E-state index contributed by atoms with van der Waals surface area (Å²) in [5.41, 5.74) is 1.83. The molecule has 1 saturated heterocycles. The van der Waals surface area contributed by atoms with E-state index >= 15 is 0 Å². The highest BCUT2D eigenvalue weighted by molar-refractivity contribution is 5.92. The van der Waals surface area contributed by atoms with Crippen LogP contribution in [-0.4, -0.2) is 32.0 Å². The van der Waals surface area contributed by atoms with Crippen LogP contribution >= 0.6 is 0 Å². The number of urea groups is 1. The van der Waals surface area contributed by atoms with Gasteiger partial charge in [0, 0.05) is 42.9 Å². The van der Waals surface area contributed by atoms with E-state index in [1.54, 1.807) is 0 Å². The first-order valence-electron chi connectivity index (χ1n) is 8.92. The van der Waals surface area contributed by atoms with Crippen LogP contribution in [0.3, 0.4) is 0 Å². The van der Waals surface area contributed by atoms with Crippen LogP contribution in [0.5, 0.6) is 0 Å². The number of H-pyrrole nitrogens is 1. The van der Waals surface area contributed by atoms with Crippen LogP contribution in [0.4, 0.5) is 10.5 Å². The van der Waals surface area contributed by atoms with Crippen LogP contribution in [-0.2, 0) is 6.54 Å². The first-order chi connectivity index (χ1) is 12.3. The van der Waals surface area contributed by atoms with Gasteiger partial charge in [0.05, 0.1) is 6.04 Å². The normalized spacial score (nSPS) is 17.8. The molecule has 2 aromatic heterocycles. The topological polar surface area (TPSA) is 66.0 Å². The Labute approximate surface area is 146 Å². The number of nitrogens with zero attached hydrogens (tertiary/aromatic N) is 3. The first kappa shape index (κ1) is 15.7. The lowest BCUT2D eigenvalue weighted by Gasteiger charge is -2.35. The van der Waals surface area contributed by atoms with Gasteiger partial charge in [0.25, 0.3) is 0 Å². The molecule has 4 rings (SSSR count). The summed E-state index contributed by atoms with van der Waals surface area (Å²) >= 11 is 0. The number of benzene rings is 1. The van der Waals surface area contributed by atoms with E-state index in [0.717, 1.165) is 54.8 Å². The molecule has 0 aliphatic carbocycles. The van der Waals surface area contributed by atoms with E-state index in [1.165, 1.54) is 0 Å². The summed E-state index contributed by atoms with van der Waals surface area (Å²) in [7, 11) is 0. The number of aromatic nitrogens is 3. The van der Waals surface area contributed by atoms with Crippen molar-refractivity contribution >= 4 is 22.6 Å². The lowest BCUT2D eigenvalue weighted by atomic mass is 10.0. The highest BCUT2D eigenvalue weighted by atomic mass is 16.2. The number of aryl methyl sites for hydroxylation is 1. The number of aromatic amines is 1. The van der Waals surface area contributed by atoms with Crippen molar-refractivity contribution in [2.24, 2.45) is 0 Å². The fourth-order valence-electron chi connectivity index (χ4n) is 3.65. The second-order valence-electron chi connectivity index (χ2n) is 6.49. The minimum Gasteiger partial charge on any atom is -0.361 e. The molecule has 0 bridgehead atoms. The van der Waals surface area contributed by atoms with Crippen LogP contribution < -0.4 is 5.32 Å². The molecule has 1 fully saturated rings. The Bertz CT molecular complexity index is 881. The van der Waals surface area contributed by atoms with Gasteiger partial charge in [-0.05, 0) is 49.8 Å². The Morgan fingerprint density at radius 3 is 3.16 bits per heavy atom. The molecule has 0 unspecified atom stereocenters. The molecular weight excluding hydrogens is 314 g/mol. The summed E-state index contributed by atoms with van der Waals surface area (Å²) < 4.78 is 2.13. The molecule has 0 saturated carbocycles. The van der Waals surface area contributed by atoms with Gasteiger partial charge in [0.1, 0.15) is 5.82 Å². The average Bonchev–Trinajstić information content (AvgIpc) is 3.30. The average molecular weight is 337 g/mol. The van der Waals surface area contributed by atoms with E-state index < -0.39 is 0 Å². The number of fused-ring (bicyclic) bond motifs is 1. The van der Waals surface area contributed by atoms with Crippen LogP contribution in [0.15, 0.2) is 42.9 Å². The van der Waals surface area contributed by atoms with Crippen molar-refractivity contribution in [3.8, 4) is 0 Å². The molecule has 1 atom stereocenters. The fourth-order valence-corrected chi connectivity index (χ4v) is 3.65. The number of amides is 2. The van der Waals surface area contributed by atoms with Crippen molar-refractivity contribution in [1.29, 1.82) is 0 Å². The third-order valence-electron chi connectivity index (χ3n) is 4.96. The van der Waals surface area contributed by atoms with Gasteiger partial charge in [-0.3, -0.25) is 0 Å². The minimum absolute atomic E-state index is 0.0397. The molecule has 130 valence electrons. The van der Waals surface area contributed by atoms with Crippen molar-refractivity contribution in [3.05, 3.63) is 48.7 Å². The van der Waals surface area contributed by atoms with Crippen molar-refractivity contribution < 1.29 is 4.79 Å². The van der Waals surface area contributed by atoms with Gasteiger partial charge >= 0.3 is 6.03 Å². The van der Waals surface area contributed by atoms with Gasteiger partial charge in [0.15, 0.2) is 0 Å². The molecule has 6 nitrogen and oxygen atoms in total. The molecule has 0 spiro atoms. The van der Waals surface area contributed by atoms with Gasteiger partial charge in [-0.1, -0.05) is 6.07 Å². The van der Waals surface area contributed by atoms with Crippen molar-refractivity contribution in [2.45, 2.75) is 38.8 Å². The van der Waals surface area contributed by atoms with Gasteiger partial charge in [-0.15, -0.1) is 0 Å². The summed E-state index contributed by atoms with van der Waals surface area (Å²) in [6.07, 6.45) is 8.83. The van der Waals surface area contributed by atoms with Crippen LogP contribution in [0.25, 0.3) is 10.9 Å². The molecule has 1 aliphatic heterocycles. The summed E-state index contributed by atoms with van der Waals surface area (Å²) in [6, 6.07) is 7.93. The SMILES string of the molecule is CCn1ccnc1[C@H]1CCCCN1C(=O)Nc1ccc2cc[nH]c2c1.